The Morgan fingerprint density at radius 2 is 1.52 bits per heavy atom. The van der Waals surface area contributed by atoms with Crippen molar-refractivity contribution in [3.8, 4) is 5.75 Å². The highest BCUT2D eigenvalue weighted by Gasteiger charge is 2.18. The van der Waals surface area contributed by atoms with Crippen molar-refractivity contribution in [3.05, 3.63) is 65.2 Å². The van der Waals surface area contributed by atoms with E-state index in [1.807, 2.05) is 18.2 Å². The second-order valence-electron chi connectivity index (χ2n) is 4.57. The van der Waals surface area contributed by atoms with Crippen molar-refractivity contribution >= 4 is 0 Å². The molecule has 0 unspecified atom stereocenters. The fourth-order valence-electron chi connectivity index (χ4n) is 1.94. The van der Waals surface area contributed by atoms with Crippen LogP contribution in [0.4, 0.5) is 17.6 Å². The van der Waals surface area contributed by atoms with Gasteiger partial charge >= 0.3 is 0 Å². The highest BCUT2D eigenvalue weighted by atomic mass is 19.2. The molecular formula is C16H14F4O. The fraction of sp³-hybridized carbons (Fsp3) is 0.250. The molecule has 0 aliphatic heterocycles. The zero-order chi connectivity index (χ0) is 15.2. The topological polar surface area (TPSA) is 9.23 Å². The van der Waals surface area contributed by atoms with E-state index in [-0.39, 0.29) is 6.42 Å². The number of para-hydroxylation sites is 1. The highest BCUT2D eigenvalue weighted by molar-refractivity contribution is 5.23. The van der Waals surface area contributed by atoms with Gasteiger partial charge in [0, 0.05) is 11.6 Å². The van der Waals surface area contributed by atoms with Crippen LogP contribution in [-0.2, 0) is 6.42 Å². The van der Waals surface area contributed by atoms with Gasteiger partial charge in [-0.05, 0) is 31.4 Å². The molecule has 2 aromatic rings. The van der Waals surface area contributed by atoms with Crippen LogP contribution in [-0.4, -0.2) is 6.61 Å². The Hall–Kier alpha value is -2.04. The number of benzene rings is 2. The number of halogens is 4. The number of rotatable bonds is 6. The van der Waals surface area contributed by atoms with E-state index in [9.17, 15) is 17.6 Å². The lowest BCUT2D eigenvalue weighted by atomic mass is 10.1. The van der Waals surface area contributed by atoms with Crippen molar-refractivity contribution in [3.63, 3.8) is 0 Å². The lowest BCUT2D eigenvalue weighted by Crippen LogP contribution is -2.04. The Morgan fingerprint density at radius 1 is 0.810 bits per heavy atom. The third kappa shape index (κ3) is 3.97. The molecule has 0 radical (unpaired) electrons. The normalized spacial score (nSPS) is 10.7. The molecule has 21 heavy (non-hydrogen) atoms. The van der Waals surface area contributed by atoms with Gasteiger partial charge in [0.2, 0.25) is 0 Å². The van der Waals surface area contributed by atoms with Crippen molar-refractivity contribution in [2.75, 3.05) is 6.61 Å². The van der Waals surface area contributed by atoms with Crippen molar-refractivity contribution in [1.82, 2.24) is 0 Å². The number of hydrogen-bond donors (Lipinski definition) is 0. The average molecular weight is 298 g/mol. The molecule has 0 heterocycles. The van der Waals surface area contributed by atoms with Gasteiger partial charge in [0.25, 0.3) is 0 Å². The van der Waals surface area contributed by atoms with E-state index in [2.05, 4.69) is 0 Å². The number of ether oxygens (including phenoxy) is 1. The largest absolute Gasteiger partial charge is 0.494 e. The van der Waals surface area contributed by atoms with E-state index >= 15 is 0 Å². The molecule has 5 heteroatoms. The molecule has 0 atom stereocenters. The Bertz CT molecular complexity index is 599. The molecule has 0 N–H and O–H groups in total. The third-order valence-corrected chi connectivity index (χ3v) is 3.04. The Kier molecular flexibility index (Phi) is 5.20. The van der Waals surface area contributed by atoms with E-state index in [1.54, 1.807) is 12.1 Å². The molecule has 0 saturated carbocycles. The van der Waals surface area contributed by atoms with Crippen LogP contribution in [0.2, 0.25) is 0 Å². The van der Waals surface area contributed by atoms with Crippen molar-refractivity contribution < 1.29 is 22.3 Å². The number of unbranched alkanes of at least 4 members (excludes halogenated alkanes) is 1. The van der Waals surface area contributed by atoms with Gasteiger partial charge in [-0.3, -0.25) is 0 Å². The Morgan fingerprint density at radius 3 is 2.24 bits per heavy atom. The summed E-state index contributed by atoms with van der Waals surface area (Å²) in [5, 5.41) is 0. The van der Waals surface area contributed by atoms with Crippen molar-refractivity contribution in [1.29, 1.82) is 0 Å². The number of hydrogen-bond acceptors (Lipinski definition) is 1. The Labute approximate surface area is 120 Å². The molecule has 0 saturated heterocycles. The summed E-state index contributed by atoms with van der Waals surface area (Å²) >= 11 is 0. The zero-order valence-electron chi connectivity index (χ0n) is 11.2. The SMILES string of the molecule is Fc1cc(F)c(CCCCOc2ccccc2)c(F)c1F. The lowest BCUT2D eigenvalue weighted by molar-refractivity contribution is 0.306. The monoisotopic (exact) mass is 298 g/mol. The second-order valence-corrected chi connectivity index (χ2v) is 4.57. The van der Waals surface area contributed by atoms with Crippen LogP contribution in [0.25, 0.3) is 0 Å². The van der Waals surface area contributed by atoms with E-state index in [0.717, 1.165) is 0 Å². The summed E-state index contributed by atoms with van der Waals surface area (Å²) in [6, 6.07) is 9.50. The van der Waals surface area contributed by atoms with Gasteiger partial charge in [-0.15, -0.1) is 0 Å². The predicted molar refractivity (Wildman–Crippen MR) is 71.1 cm³/mol. The second kappa shape index (κ2) is 7.11. The van der Waals surface area contributed by atoms with Crippen LogP contribution in [0.1, 0.15) is 18.4 Å². The summed E-state index contributed by atoms with van der Waals surface area (Å²) < 4.78 is 58.0. The minimum absolute atomic E-state index is 0.00693. The highest BCUT2D eigenvalue weighted by Crippen LogP contribution is 2.21. The summed E-state index contributed by atoms with van der Waals surface area (Å²) in [6.45, 7) is 0.386. The predicted octanol–water partition coefficient (Wildman–Crippen LogP) is 4.64. The standard InChI is InChI=1S/C16H14F4O/c17-13-10-14(18)16(20)15(19)12(13)8-4-5-9-21-11-6-2-1-3-7-11/h1-3,6-7,10H,4-5,8-9H2. The minimum atomic E-state index is -1.63. The molecule has 1 nitrogen and oxygen atoms in total. The maximum Gasteiger partial charge on any atom is 0.194 e. The smallest absolute Gasteiger partial charge is 0.194 e. The van der Waals surface area contributed by atoms with Crippen molar-refractivity contribution in [2.24, 2.45) is 0 Å². The van der Waals surface area contributed by atoms with Crippen molar-refractivity contribution in [2.45, 2.75) is 19.3 Å². The first-order valence-electron chi connectivity index (χ1n) is 6.59. The first-order chi connectivity index (χ1) is 10.1. The molecule has 0 fully saturated rings. The van der Waals surface area contributed by atoms with E-state index in [4.69, 9.17) is 4.74 Å². The van der Waals surface area contributed by atoms with Crippen LogP contribution in [0, 0.1) is 23.3 Å². The Balaban J connectivity index is 1.83. The van der Waals surface area contributed by atoms with E-state index in [0.29, 0.717) is 31.3 Å². The molecule has 0 amide bonds. The summed E-state index contributed by atoms with van der Waals surface area (Å²) in [5.41, 5.74) is -0.423. The van der Waals surface area contributed by atoms with Crippen LogP contribution in [0.5, 0.6) is 5.75 Å². The fourth-order valence-corrected chi connectivity index (χ4v) is 1.94. The van der Waals surface area contributed by atoms with Gasteiger partial charge < -0.3 is 4.74 Å². The van der Waals surface area contributed by atoms with Crippen LogP contribution < -0.4 is 4.74 Å². The zero-order valence-corrected chi connectivity index (χ0v) is 11.2. The van der Waals surface area contributed by atoms with Gasteiger partial charge in [-0.25, -0.2) is 17.6 Å². The molecular weight excluding hydrogens is 284 g/mol. The van der Waals surface area contributed by atoms with Crippen LogP contribution in [0.15, 0.2) is 36.4 Å². The van der Waals surface area contributed by atoms with E-state index < -0.39 is 28.8 Å². The lowest BCUT2D eigenvalue weighted by Gasteiger charge is -2.08. The molecule has 0 aliphatic carbocycles. The van der Waals surface area contributed by atoms with E-state index in [1.165, 1.54) is 0 Å². The first kappa shape index (κ1) is 15.4. The first-order valence-corrected chi connectivity index (χ1v) is 6.59. The maximum absolute atomic E-state index is 13.4. The summed E-state index contributed by atoms with van der Waals surface area (Å²) in [5.74, 6) is -4.94. The van der Waals surface area contributed by atoms with Gasteiger partial charge in [-0.2, -0.15) is 0 Å². The van der Waals surface area contributed by atoms with Gasteiger partial charge in [0.05, 0.1) is 6.61 Å². The average Bonchev–Trinajstić information content (AvgIpc) is 2.49. The molecule has 112 valence electrons. The molecule has 0 spiro atoms. The molecule has 0 bridgehead atoms. The maximum atomic E-state index is 13.4. The van der Waals surface area contributed by atoms with Gasteiger partial charge in [-0.1, -0.05) is 18.2 Å². The van der Waals surface area contributed by atoms with Gasteiger partial charge in [0.15, 0.2) is 17.5 Å². The quantitative estimate of drug-likeness (QED) is 0.326. The van der Waals surface area contributed by atoms with Crippen LogP contribution >= 0.6 is 0 Å². The van der Waals surface area contributed by atoms with Gasteiger partial charge in [0.1, 0.15) is 11.6 Å². The molecule has 0 aromatic heterocycles. The summed E-state index contributed by atoms with van der Waals surface area (Å²) in [6.07, 6.45) is 0.950. The van der Waals surface area contributed by atoms with Crippen LogP contribution in [0.3, 0.4) is 0 Å². The molecule has 2 aromatic carbocycles. The molecule has 2 rings (SSSR count). The third-order valence-electron chi connectivity index (χ3n) is 3.04. The minimum Gasteiger partial charge on any atom is -0.494 e. The summed E-state index contributed by atoms with van der Waals surface area (Å²) in [4.78, 5) is 0. The molecule has 0 aliphatic rings. The summed E-state index contributed by atoms with van der Waals surface area (Å²) in [7, 11) is 0.